The van der Waals surface area contributed by atoms with Crippen molar-refractivity contribution in [1.29, 1.82) is 0 Å². The molecule has 2 aromatic carbocycles. The predicted molar refractivity (Wildman–Crippen MR) is 114 cm³/mol. The minimum Gasteiger partial charge on any atom is -0.351 e. The lowest BCUT2D eigenvalue weighted by Crippen LogP contribution is -2.46. The van der Waals surface area contributed by atoms with Gasteiger partial charge in [-0.1, -0.05) is 42.5 Å². The first-order valence-corrected chi connectivity index (χ1v) is 10.8. The number of nitrogens with zero attached hydrogens (tertiary/aromatic N) is 1. The standard InChI is InChI=1S/C24H26N4O2/c29-23(13-12-22-25-18-9-4-5-10-19(18)26-22)28-14-6-11-21(28)24(30)27-20-15-17(20)16-7-2-1-3-8-16/h1-5,7-10,17,20-21H,6,11-15H2,(H,25,26)(H,27,30)/p+1/t17-,20+,21+/m1/s1. The summed E-state index contributed by atoms with van der Waals surface area (Å²) in [4.78, 5) is 34.1. The zero-order valence-electron chi connectivity index (χ0n) is 16.9. The molecule has 2 amide bonds. The molecule has 6 nitrogen and oxygen atoms in total. The molecule has 154 valence electrons. The number of para-hydroxylation sites is 2. The summed E-state index contributed by atoms with van der Waals surface area (Å²) in [5.74, 6) is 1.39. The summed E-state index contributed by atoms with van der Waals surface area (Å²) in [5, 5.41) is 3.18. The van der Waals surface area contributed by atoms with Gasteiger partial charge in [0.2, 0.25) is 11.8 Å². The Morgan fingerprint density at radius 3 is 2.73 bits per heavy atom. The molecule has 1 aromatic heterocycles. The lowest BCUT2D eigenvalue weighted by atomic mass is 10.1. The van der Waals surface area contributed by atoms with Crippen molar-refractivity contribution in [3.05, 3.63) is 66.0 Å². The van der Waals surface area contributed by atoms with Crippen LogP contribution in [0, 0.1) is 0 Å². The van der Waals surface area contributed by atoms with E-state index in [0.29, 0.717) is 25.3 Å². The molecule has 3 atom stereocenters. The van der Waals surface area contributed by atoms with Crippen LogP contribution in [0.25, 0.3) is 11.0 Å². The number of carbonyl (C=O) groups is 2. The summed E-state index contributed by atoms with van der Waals surface area (Å²) in [6, 6.07) is 18.2. The molecular formula is C24H27N4O2+. The fourth-order valence-electron chi connectivity index (χ4n) is 4.60. The van der Waals surface area contributed by atoms with Gasteiger partial charge in [-0.15, -0.1) is 0 Å². The van der Waals surface area contributed by atoms with Crippen molar-refractivity contribution in [3.63, 3.8) is 0 Å². The second-order valence-corrected chi connectivity index (χ2v) is 8.39. The molecule has 0 bridgehead atoms. The largest absolute Gasteiger partial charge is 0.351 e. The van der Waals surface area contributed by atoms with Crippen molar-refractivity contribution in [2.75, 3.05) is 6.54 Å². The van der Waals surface area contributed by atoms with E-state index in [2.05, 4.69) is 27.4 Å². The number of imidazole rings is 1. The molecule has 0 spiro atoms. The second kappa shape index (κ2) is 7.94. The van der Waals surface area contributed by atoms with E-state index in [0.717, 1.165) is 36.1 Å². The van der Waals surface area contributed by atoms with Crippen molar-refractivity contribution >= 4 is 22.8 Å². The molecule has 1 saturated heterocycles. The van der Waals surface area contributed by atoms with E-state index in [9.17, 15) is 9.59 Å². The van der Waals surface area contributed by atoms with Gasteiger partial charge in [-0.05, 0) is 37.0 Å². The minimum absolute atomic E-state index is 0.00135. The van der Waals surface area contributed by atoms with E-state index in [-0.39, 0.29) is 23.9 Å². The van der Waals surface area contributed by atoms with Gasteiger partial charge in [0.15, 0.2) is 11.0 Å². The number of aromatic nitrogens is 2. The van der Waals surface area contributed by atoms with Crippen molar-refractivity contribution in [1.82, 2.24) is 15.2 Å². The molecule has 2 fully saturated rings. The van der Waals surface area contributed by atoms with Crippen molar-refractivity contribution in [2.24, 2.45) is 0 Å². The summed E-state index contributed by atoms with van der Waals surface area (Å²) in [7, 11) is 0. The topological polar surface area (TPSA) is 79.3 Å². The predicted octanol–water partition coefficient (Wildman–Crippen LogP) is 2.58. The molecule has 1 aliphatic heterocycles. The molecule has 2 heterocycles. The molecule has 6 heteroatoms. The summed E-state index contributed by atoms with van der Waals surface area (Å²) in [6.45, 7) is 0.667. The van der Waals surface area contributed by atoms with E-state index < -0.39 is 0 Å². The molecular weight excluding hydrogens is 376 g/mol. The number of carbonyl (C=O) groups excluding carboxylic acids is 2. The highest BCUT2D eigenvalue weighted by Gasteiger charge is 2.42. The van der Waals surface area contributed by atoms with Gasteiger partial charge >= 0.3 is 0 Å². The van der Waals surface area contributed by atoms with Gasteiger partial charge in [0.05, 0.1) is 6.42 Å². The Hall–Kier alpha value is -3.15. The van der Waals surface area contributed by atoms with Crippen molar-refractivity contribution < 1.29 is 14.6 Å². The Bertz CT molecular complexity index is 1030. The maximum atomic E-state index is 12.9. The van der Waals surface area contributed by atoms with Gasteiger partial charge < -0.3 is 10.2 Å². The highest BCUT2D eigenvalue weighted by atomic mass is 16.2. The van der Waals surface area contributed by atoms with E-state index in [4.69, 9.17) is 0 Å². The Morgan fingerprint density at radius 1 is 1.10 bits per heavy atom. The van der Waals surface area contributed by atoms with Crippen molar-refractivity contribution in [2.45, 2.75) is 50.1 Å². The van der Waals surface area contributed by atoms with Gasteiger partial charge in [-0.3, -0.25) is 9.59 Å². The molecule has 2 aliphatic rings. The highest BCUT2D eigenvalue weighted by molar-refractivity contribution is 5.88. The fraction of sp³-hybridized carbons (Fsp3) is 0.375. The smallest absolute Gasteiger partial charge is 0.253 e. The average molecular weight is 404 g/mol. The number of nitrogens with one attached hydrogen (secondary N) is 3. The number of benzene rings is 2. The number of aromatic amines is 2. The molecule has 5 rings (SSSR count). The summed E-state index contributed by atoms with van der Waals surface area (Å²) < 4.78 is 0. The Balaban J connectivity index is 1.16. The Labute approximate surface area is 175 Å². The third kappa shape index (κ3) is 3.82. The fourth-order valence-corrected chi connectivity index (χ4v) is 4.60. The summed E-state index contributed by atoms with van der Waals surface area (Å²) >= 11 is 0. The van der Waals surface area contributed by atoms with Crippen LogP contribution in [0.1, 0.15) is 43.0 Å². The zero-order chi connectivity index (χ0) is 20.5. The number of H-pyrrole nitrogens is 2. The molecule has 0 radical (unpaired) electrons. The van der Waals surface area contributed by atoms with Crippen LogP contribution in [-0.2, 0) is 16.0 Å². The Kier molecular flexibility index (Phi) is 4.99. The molecule has 1 saturated carbocycles. The summed E-state index contributed by atoms with van der Waals surface area (Å²) in [5.41, 5.74) is 3.35. The number of rotatable bonds is 6. The van der Waals surface area contributed by atoms with Gasteiger partial charge in [-0.2, -0.15) is 0 Å². The minimum atomic E-state index is -0.332. The van der Waals surface area contributed by atoms with Gasteiger partial charge in [0, 0.05) is 24.9 Å². The maximum Gasteiger partial charge on any atom is 0.253 e. The lowest BCUT2D eigenvalue weighted by molar-refractivity contribution is -0.357. The third-order valence-electron chi connectivity index (χ3n) is 6.31. The number of hydrogen-bond donors (Lipinski definition) is 2. The van der Waals surface area contributed by atoms with Crippen LogP contribution in [0.4, 0.5) is 0 Å². The maximum absolute atomic E-state index is 12.9. The van der Waals surface area contributed by atoms with Crippen molar-refractivity contribution in [3.8, 4) is 0 Å². The number of likely N-dealkylation sites (tertiary alicyclic amines) is 1. The molecule has 3 aromatic rings. The SMILES string of the molecule is O=C(N[C@H]1C[C@@H]1c1ccccc1)[C@@H]1CCCN1C(=O)CCc1[nH]c2ccccc2[nH+]1. The van der Waals surface area contributed by atoms with E-state index in [1.807, 2.05) is 42.5 Å². The van der Waals surface area contributed by atoms with Crippen LogP contribution in [0.15, 0.2) is 54.6 Å². The first kappa shape index (κ1) is 18.9. The summed E-state index contributed by atoms with van der Waals surface area (Å²) in [6.07, 6.45) is 3.61. The molecule has 3 N–H and O–H groups in total. The van der Waals surface area contributed by atoms with Crippen LogP contribution in [-0.4, -0.2) is 40.3 Å². The van der Waals surface area contributed by atoms with Crippen LogP contribution in [0.3, 0.4) is 0 Å². The number of fused-ring (bicyclic) bond motifs is 1. The van der Waals surface area contributed by atoms with Crippen LogP contribution >= 0.6 is 0 Å². The van der Waals surface area contributed by atoms with E-state index in [1.54, 1.807) is 4.90 Å². The van der Waals surface area contributed by atoms with E-state index in [1.165, 1.54) is 5.56 Å². The van der Waals surface area contributed by atoms with Crippen LogP contribution in [0.2, 0.25) is 0 Å². The number of hydrogen-bond acceptors (Lipinski definition) is 2. The molecule has 1 aliphatic carbocycles. The monoisotopic (exact) mass is 403 g/mol. The average Bonchev–Trinajstić information content (AvgIpc) is 3.17. The van der Waals surface area contributed by atoms with Gasteiger partial charge in [-0.25, -0.2) is 9.97 Å². The van der Waals surface area contributed by atoms with Gasteiger partial charge in [0.1, 0.15) is 6.04 Å². The Morgan fingerprint density at radius 2 is 1.90 bits per heavy atom. The van der Waals surface area contributed by atoms with E-state index >= 15 is 0 Å². The number of aryl methyl sites for hydroxylation is 1. The van der Waals surface area contributed by atoms with Crippen LogP contribution < -0.4 is 10.3 Å². The normalized spacial score (nSPS) is 22.9. The third-order valence-corrected chi connectivity index (χ3v) is 6.31. The quantitative estimate of drug-likeness (QED) is 0.663. The number of amides is 2. The molecule has 30 heavy (non-hydrogen) atoms. The second-order valence-electron chi connectivity index (χ2n) is 8.39. The highest BCUT2D eigenvalue weighted by Crippen LogP contribution is 2.40. The first-order chi connectivity index (χ1) is 14.7. The first-order valence-electron chi connectivity index (χ1n) is 10.8. The zero-order valence-corrected chi connectivity index (χ0v) is 16.9. The molecule has 0 unspecified atom stereocenters. The van der Waals surface area contributed by atoms with Gasteiger partial charge in [0.25, 0.3) is 5.82 Å². The van der Waals surface area contributed by atoms with Crippen LogP contribution in [0.5, 0.6) is 0 Å². The lowest BCUT2D eigenvalue weighted by Gasteiger charge is -2.24.